The number of hydrogen-bond acceptors (Lipinski definition) is 3. The van der Waals surface area contributed by atoms with E-state index in [2.05, 4.69) is 5.32 Å². The Bertz CT molecular complexity index is 395. The molecule has 3 atom stereocenters. The zero-order chi connectivity index (χ0) is 14.1. The van der Waals surface area contributed by atoms with Gasteiger partial charge in [0.1, 0.15) is 0 Å². The van der Waals surface area contributed by atoms with Gasteiger partial charge in [-0.1, -0.05) is 12.8 Å². The molecule has 2 aliphatic carbocycles. The van der Waals surface area contributed by atoms with Gasteiger partial charge >= 0.3 is 0 Å². The van der Waals surface area contributed by atoms with Crippen molar-refractivity contribution in [3.8, 4) is 0 Å². The van der Waals surface area contributed by atoms with Crippen molar-refractivity contribution in [3.05, 3.63) is 0 Å². The third kappa shape index (κ3) is 2.82. The lowest BCUT2D eigenvalue weighted by Crippen LogP contribution is -2.46. The summed E-state index contributed by atoms with van der Waals surface area (Å²) in [7, 11) is 0. The van der Waals surface area contributed by atoms with Gasteiger partial charge in [-0.25, -0.2) is 0 Å². The summed E-state index contributed by atoms with van der Waals surface area (Å²) in [6.45, 7) is 0.731. The second-order valence-corrected chi connectivity index (χ2v) is 6.52. The Labute approximate surface area is 119 Å². The summed E-state index contributed by atoms with van der Waals surface area (Å²) in [6.07, 6.45) is 6.72. The van der Waals surface area contributed by atoms with E-state index in [-0.39, 0.29) is 36.3 Å². The lowest BCUT2D eigenvalue weighted by Gasteiger charge is -2.31. The van der Waals surface area contributed by atoms with Gasteiger partial charge in [-0.15, -0.1) is 0 Å². The fourth-order valence-electron chi connectivity index (χ4n) is 3.56. The highest BCUT2D eigenvalue weighted by Gasteiger charge is 2.42. The molecule has 2 N–H and O–H groups in total. The monoisotopic (exact) mass is 280 g/mol. The molecule has 0 aromatic carbocycles. The van der Waals surface area contributed by atoms with Gasteiger partial charge in [0.25, 0.3) is 0 Å². The summed E-state index contributed by atoms with van der Waals surface area (Å²) in [5.41, 5.74) is 0. The van der Waals surface area contributed by atoms with Crippen LogP contribution in [0.1, 0.15) is 44.9 Å². The largest absolute Gasteiger partial charge is 0.396 e. The molecular weight excluding hydrogens is 256 g/mol. The Kier molecular flexibility index (Phi) is 3.96. The van der Waals surface area contributed by atoms with E-state index in [1.54, 1.807) is 0 Å². The number of aliphatic hydroxyl groups is 1. The number of rotatable bonds is 4. The first-order chi connectivity index (χ1) is 9.69. The third-order valence-corrected chi connectivity index (χ3v) is 4.99. The fraction of sp³-hybridized carbons (Fsp3) is 0.867. The van der Waals surface area contributed by atoms with Crippen molar-refractivity contribution in [1.82, 2.24) is 10.2 Å². The number of aliphatic hydroxyl groups excluding tert-OH is 1. The van der Waals surface area contributed by atoms with Crippen LogP contribution in [0.15, 0.2) is 0 Å². The van der Waals surface area contributed by atoms with Crippen LogP contribution in [0.25, 0.3) is 0 Å². The number of nitrogens with one attached hydrogen (secondary N) is 1. The average Bonchev–Trinajstić information content (AvgIpc) is 3.22. The van der Waals surface area contributed by atoms with Crippen molar-refractivity contribution in [1.29, 1.82) is 0 Å². The minimum absolute atomic E-state index is 0.00634. The van der Waals surface area contributed by atoms with Gasteiger partial charge in [-0.05, 0) is 25.7 Å². The van der Waals surface area contributed by atoms with Gasteiger partial charge in [0, 0.05) is 37.6 Å². The van der Waals surface area contributed by atoms with Gasteiger partial charge in [-0.2, -0.15) is 0 Å². The number of hydrogen-bond donors (Lipinski definition) is 2. The predicted molar refractivity (Wildman–Crippen MR) is 73.8 cm³/mol. The fourth-order valence-corrected chi connectivity index (χ4v) is 3.56. The lowest BCUT2D eigenvalue weighted by atomic mass is 9.84. The Balaban J connectivity index is 1.55. The predicted octanol–water partition coefficient (Wildman–Crippen LogP) is 0.665. The summed E-state index contributed by atoms with van der Waals surface area (Å²) in [5, 5.41) is 12.5. The van der Waals surface area contributed by atoms with Crippen LogP contribution in [-0.4, -0.2) is 47.1 Å². The molecule has 2 amide bonds. The highest BCUT2D eigenvalue weighted by atomic mass is 16.3. The maximum absolute atomic E-state index is 12.3. The molecule has 5 nitrogen and oxygen atoms in total. The summed E-state index contributed by atoms with van der Waals surface area (Å²) in [6, 6.07) is 0.492. The highest BCUT2D eigenvalue weighted by Crippen LogP contribution is 2.33. The Morgan fingerprint density at radius 2 is 2.00 bits per heavy atom. The van der Waals surface area contributed by atoms with Crippen LogP contribution >= 0.6 is 0 Å². The molecule has 3 aliphatic rings. The van der Waals surface area contributed by atoms with Crippen LogP contribution in [0.3, 0.4) is 0 Å². The molecular formula is C15H24N2O3. The van der Waals surface area contributed by atoms with Crippen LogP contribution in [0, 0.1) is 11.8 Å². The first-order valence-corrected chi connectivity index (χ1v) is 7.89. The molecule has 3 rings (SSSR count). The Hall–Kier alpha value is -1.10. The number of carbonyl (C=O) groups excluding carboxylic acids is 2. The molecule has 5 heteroatoms. The van der Waals surface area contributed by atoms with E-state index < -0.39 is 0 Å². The lowest BCUT2D eigenvalue weighted by molar-refractivity contribution is -0.129. The minimum Gasteiger partial charge on any atom is -0.396 e. The van der Waals surface area contributed by atoms with Gasteiger partial charge in [0.05, 0.1) is 5.92 Å². The van der Waals surface area contributed by atoms with E-state index in [0.717, 1.165) is 38.5 Å². The zero-order valence-corrected chi connectivity index (χ0v) is 11.9. The van der Waals surface area contributed by atoms with E-state index >= 15 is 0 Å². The molecule has 3 unspecified atom stereocenters. The summed E-state index contributed by atoms with van der Waals surface area (Å²) in [5.74, 6) is 0.135. The van der Waals surface area contributed by atoms with E-state index in [4.69, 9.17) is 0 Å². The van der Waals surface area contributed by atoms with Gasteiger partial charge in [0.15, 0.2) is 0 Å². The van der Waals surface area contributed by atoms with Crippen molar-refractivity contribution in [2.75, 3.05) is 13.2 Å². The molecule has 0 radical (unpaired) electrons. The molecule has 0 aromatic rings. The Morgan fingerprint density at radius 3 is 2.70 bits per heavy atom. The number of nitrogens with zero attached hydrogens (tertiary/aromatic N) is 1. The van der Waals surface area contributed by atoms with Crippen LogP contribution in [0.4, 0.5) is 0 Å². The van der Waals surface area contributed by atoms with Crippen LogP contribution < -0.4 is 5.32 Å². The second-order valence-electron chi connectivity index (χ2n) is 6.52. The molecule has 0 aromatic heterocycles. The molecule has 112 valence electrons. The SMILES string of the molecule is O=C(NC1CCCCC1CO)C1CC(=O)N(C2CC2)C1. The molecule has 1 aliphatic heterocycles. The van der Waals surface area contributed by atoms with E-state index in [1.807, 2.05) is 4.90 Å². The van der Waals surface area contributed by atoms with Gasteiger partial charge < -0.3 is 15.3 Å². The van der Waals surface area contributed by atoms with Crippen molar-refractivity contribution in [3.63, 3.8) is 0 Å². The van der Waals surface area contributed by atoms with Gasteiger partial charge in [0.2, 0.25) is 11.8 Å². The summed E-state index contributed by atoms with van der Waals surface area (Å²) >= 11 is 0. The normalized spacial score (nSPS) is 34.4. The molecule has 3 fully saturated rings. The van der Waals surface area contributed by atoms with E-state index in [9.17, 15) is 14.7 Å². The Morgan fingerprint density at radius 1 is 1.25 bits per heavy atom. The standard InChI is InChI=1S/C15H24N2O3/c18-9-10-3-1-2-4-13(10)16-15(20)11-7-14(19)17(8-11)12-5-6-12/h10-13,18H,1-9H2,(H,16,20). The number of amides is 2. The highest BCUT2D eigenvalue weighted by molar-refractivity contribution is 5.89. The quantitative estimate of drug-likeness (QED) is 0.795. The number of likely N-dealkylation sites (tertiary alicyclic amines) is 1. The van der Waals surface area contributed by atoms with E-state index in [1.165, 1.54) is 0 Å². The maximum atomic E-state index is 12.3. The van der Waals surface area contributed by atoms with Crippen molar-refractivity contribution >= 4 is 11.8 Å². The average molecular weight is 280 g/mol. The first kappa shape index (κ1) is 13.9. The van der Waals surface area contributed by atoms with Crippen LogP contribution in [0.5, 0.6) is 0 Å². The summed E-state index contributed by atoms with van der Waals surface area (Å²) < 4.78 is 0. The first-order valence-electron chi connectivity index (χ1n) is 7.89. The van der Waals surface area contributed by atoms with Crippen LogP contribution in [-0.2, 0) is 9.59 Å². The molecule has 20 heavy (non-hydrogen) atoms. The molecule has 0 bridgehead atoms. The van der Waals surface area contributed by atoms with Crippen molar-refractivity contribution in [2.24, 2.45) is 11.8 Å². The zero-order valence-electron chi connectivity index (χ0n) is 11.9. The molecule has 1 saturated heterocycles. The number of carbonyl (C=O) groups is 2. The third-order valence-electron chi connectivity index (χ3n) is 4.99. The van der Waals surface area contributed by atoms with Crippen molar-refractivity contribution < 1.29 is 14.7 Å². The topological polar surface area (TPSA) is 69.6 Å². The van der Waals surface area contributed by atoms with Gasteiger partial charge in [-0.3, -0.25) is 9.59 Å². The smallest absolute Gasteiger partial charge is 0.225 e. The minimum atomic E-state index is -0.190. The molecule has 1 heterocycles. The van der Waals surface area contributed by atoms with Crippen molar-refractivity contribution in [2.45, 2.75) is 57.0 Å². The van der Waals surface area contributed by atoms with Crippen LogP contribution in [0.2, 0.25) is 0 Å². The summed E-state index contributed by atoms with van der Waals surface area (Å²) in [4.78, 5) is 26.1. The maximum Gasteiger partial charge on any atom is 0.225 e. The van der Waals surface area contributed by atoms with E-state index in [0.29, 0.717) is 19.0 Å². The molecule has 2 saturated carbocycles. The molecule has 0 spiro atoms. The second kappa shape index (κ2) is 5.72.